The molecule has 0 spiro atoms. The number of unbranched alkanes of at least 4 members (excludes halogenated alkanes) is 1. The highest BCUT2D eigenvalue weighted by Gasteiger charge is 2.21. The first kappa shape index (κ1) is 25.6. The molecule has 182 valence electrons. The quantitative estimate of drug-likeness (QED) is 0.185. The van der Waals surface area contributed by atoms with Crippen LogP contribution in [-0.2, 0) is 16.6 Å². The number of hydrogen-bond donors (Lipinski definition) is 0. The van der Waals surface area contributed by atoms with Crippen LogP contribution in [0.2, 0.25) is 0 Å². The van der Waals surface area contributed by atoms with Gasteiger partial charge in [0.15, 0.2) is 0 Å². The van der Waals surface area contributed by atoms with Crippen LogP contribution in [0.4, 0.5) is 0 Å². The first-order valence-corrected chi connectivity index (χ1v) is 12.3. The molecule has 4 nitrogen and oxygen atoms in total. The van der Waals surface area contributed by atoms with E-state index in [0.29, 0.717) is 18.4 Å². The van der Waals surface area contributed by atoms with Crippen molar-refractivity contribution in [2.75, 3.05) is 13.7 Å². The molecule has 0 N–H and O–H groups in total. The summed E-state index contributed by atoms with van der Waals surface area (Å²) in [5, 5.41) is 1.15. The van der Waals surface area contributed by atoms with Gasteiger partial charge >= 0.3 is 5.97 Å². The molecular formula is C30H39NO3. The van der Waals surface area contributed by atoms with Gasteiger partial charge in [-0.15, -0.1) is 0 Å². The largest absolute Gasteiger partial charge is 0.493 e. The molecule has 3 rings (SSSR count). The molecule has 0 unspecified atom stereocenters. The lowest BCUT2D eigenvalue weighted by Gasteiger charge is -2.21. The van der Waals surface area contributed by atoms with Gasteiger partial charge in [-0.2, -0.15) is 0 Å². The molecule has 34 heavy (non-hydrogen) atoms. The Labute approximate surface area is 204 Å². The summed E-state index contributed by atoms with van der Waals surface area (Å²) < 4.78 is 13.5. The fourth-order valence-electron chi connectivity index (χ4n) is 4.29. The predicted molar refractivity (Wildman–Crippen MR) is 143 cm³/mol. The van der Waals surface area contributed by atoms with Crippen molar-refractivity contribution in [3.05, 3.63) is 59.3 Å². The molecule has 0 aliphatic carbocycles. The van der Waals surface area contributed by atoms with Crippen LogP contribution in [0.5, 0.6) is 5.75 Å². The highest BCUT2D eigenvalue weighted by Crippen LogP contribution is 2.43. The Kier molecular flexibility index (Phi) is 8.24. The van der Waals surface area contributed by atoms with Crippen molar-refractivity contribution in [3.8, 4) is 16.9 Å². The molecule has 0 aliphatic heterocycles. The molecule has 3 aromatic rings. The van der Waals surface area contributed by atoms with Crippen molar-refractivity contribution in [3.63, 3.8) is 0 Å². The van der Waals surface area contributed by atoms with E-state index < -0.39 is 0 Å². The van der Waals surface area contributed by atoms with Gasteiger partial charge in [0, 0.05) is 41.4 Å². The van der Waals surface area contributed by atoms with Crippen LogP contribution in [0, 0.1) is 0 Å². The minimum absolute atomic E-state index is 0.344. The van der Waals surface area contributed by atoms with Gasteiger partial charge in [0.25, 0.3) is 0 Å². The number of nitrogens with zero attached hydrogens (tertiary/aromatic N) is 1. The molecule has 0 saturated heterocycles. The number of allylic oxidation sites excluding steroid dienone is 1. The fraction of sp³-hybridized carbons (Fsp3) is 0.433. The summed E-state index contributed by atoms with van der Waals surface area (Å²) in [6.07, 6.45) is 5.86. The van der Waals surface area contributed by atoms with Crippen molar-refractivity contribution in [1.29, 1.82) is 0 Å². The van der Waals surface area contributed by atoms with Crippen LogP contribution in [0.3, 0.4) is 0 Å². The van der Waals surface area contributed by atoms with Gasteiger partial charge in [-0.05, 0) is 65.6 Å². The molecule has 4 heteroatoms. The van der Waals surface area contributed by atoms with Crippen LogP contribution in [0.1, 0.15) is 82.9 Å². The highest BCUT2D eigenvalue weighted by molar-refractivity contribution is 6.00. The van der Waals surface area contributed by atoms with E-state index in [4.69, 9.17) is 9.47 Å². The number of rotatable bonds is 9. The van der Waals surface area contributed by atoms with Gasteiger partial charge in [-0.25, -0.2) is 4.79 Å². The second kappa shape index (κ2) is 10.9. The third kappa shape index (κ3) is 5.38. The van der Waals surface area contributed by atoms with E-state index in [-0.39, 0.29) is 5.97 Å². The van der Waals surface area contributed by atoms with E-state index >= 15 is 0 Å². The number of methoxy groups -OCH3 is 1. The zero-order chi connectivity index (χ0) is 25.0. The Morgan fingerprint density at radius 3 is 2.41 bits per heavy atom. The van der Waals surface area contributed by atoms with Crippen LogP contribution < -0.4 is 4.74 Å². The van der Waals surface area contributed by atoms with Crippen molar-refractivity contribution >= 4 is 22.4 Å². The van der Waals surface area contributed by atoms with Crippen molar-refractivity contribution < 1.29 is 14.3 Å². The van der Waals surface area contributed by atoms with Gasteiger partial charge in [-0.3, -0.25) is 0 Å². The second-order valence-corrected chi connectivity index (χ2v) is 9.73. The van der Waals surface area contributed by atoms with Gasteiger partial charge in [-0.1, -0.05) is 53.2 Å². The van der Waals surface area contributed by atoms with Crippen molar-refractivity contribution in [1.82, 2.24) is 4.57 Å². The predicted octanol–water partition coefficient (Wildman–Crippen LogP) is 7.85. The number of fused-ring (bicyclic) bond motifs is 1. The Bertz CT molecular complexity index is 1200. The topological polar surface area (TPSA) is 40.5 Å². The summed E-state index contributed by atoms with van der Waals surface area (Å²) in [6, 6.07) is 11.0. The summed E-state index contributed by atoms with van der Waals surface area (Å²) in [5.41, 5.74) is 7.89. The molecule has 0 aliphatic rings. The Morgan fingerprint density at radius 1 is 1.06 bits per heavy atom. The van der Waals surface area contributed by atoms with Crippen molar-refractivity contribution in [2.45, 2.75) is 66.2 Å². The summed E-state index contributed by atoms with van der Waals surface area (Å²) >= 11 is 0. The number of ether oxygens (including phenoxy) is 2. The smallest absolute Gasteiger partial charge is 0.330 e. The van der Waals surface area contributed by atoms with Crippen LogP contribution in [0.25, 0.3) is 27.6 Å². The molecule has 0 bridgehead atoms. The highest BCUT2D eigenvalue weighted by atomic mass is 16.5. The van der Waals surface area contributed by atoms with Gasteiger partial charge in [0.2, 0.25) is 0 Å². The molecular weight excluding hydrogens is 422 g/mol. The number of aromatic nitrogens is 1. The molecule has 0 radical (unpaired) electrons. The standard InChI is InChI=1S/C30H39NO3/c1-9-10-13-34-30-24(20(4)5)16-23(19(2)3)17-26(30)27-18-31(7)28-12-11-22(15-25(27)28)21(6)14-29(32)33-8/h11-12,14-20H,9-10,13H2,1-8H3/b21-14+. The third-order valence-corrected chi connectivity index (χ3v) is 6.44. The normalized spacial score (nSPS) is 12.1. The number of carbonyl (C=O) groups is 1. The number of esters is 1. The maximum absolute atomic E-state index is 11.8. The van der Waals surface area contributed by atoms with E-state index in [1.165, 1.54) is 18.2 Å². The lowest BCUT2D eigenvalue weighted by atomic mass is 9.89. The number of benzene rings is 2. The van der Waals surface area contributed by atoms with Gasteiger partial charge < -0.3 is 14.0 Å². The van der Waals surface area contributed by atoms with E-state index in [2.05, 4.69) is 82.8 Å². The summed E-state index contributed by atoms with van der Waals surface area (Å²) in [4.78, 5) is 11.8. The lowest BCUT2D eigenvalue weighted by Crippen LogP contribution is -2.05. The molecule has 1 aromatic heterocycles. The zero-order valence-electron chi connectivity index (χ0n) is 22.0. The monoisotopic (exact) mass is 461 g/mol. The van der Waals surface area contributed by atoms with Gasteiger partial charge in [0.1, 0.15) is 5.75 Å². The molecule has 0 saturated carbocycles. The SMILES string of the molecule is CCCCOc1c(-c2cn(C)c3ccc(/C(C)=C/C(=O)OC)cc23)cc(C(C)C)cc1C(C)C. The maximum atomic E-state index is 11.8. The number of hydrogen-bond acceptors (Lipinski definition) is 3. The molecule has 0 fully saturated rings. The van der Waals surface area contributed by atoms with Crippen LogP contribution in [-0.4, -0.2) is 24.3 Å². The van der Waals surface area contributed by atoms with Crippen LogP contribution >= 0.6 is 0 Å². The molecule has 0 atom stereocenters. The van der Waals surface area contributed by atoms with E-state index in [1.54, 1.807) is 6.08 Å². The fourth-order valence-corrected chi connectivity index (χ4v) is 4.29. The van der Waals surface area contributed by atoms with E-state index in [0.717, 1.165) is 51.8 Å². The number of carbonyl (C=O) groups excluding carboxylic acids is 1. The Hall–Kier alpha value is -3.01. The first-order valence-electron chi connectivity index (χ1n) is 12.3. The second-order valence-electron chi connectivity index (χ2n) is 9.73. The van der Waals surface area contributed by atoms with Crippen molar-refractivity contribution in [2.24, 2.45) is 7.05 Å². The van der Waals surface area contributed by atoms with Gasteiger partial charge in [0.05, 0.1) is 13.7 Å². The minimum Gasteiger partial charge on any atom is -0.493 e. The first-order chi connectivity index (χ1) is 16.2. The molecule has 1 heterocycles. The number of aryl methyl sites for hydroxylation is 1. The lowest BCUT2D eigenvalue weighted by molar-refractivity contribution is -0.134. The summed E-state index contributed by atoms with van der Waals surface area (Å²) in [6.45, 7) is 13.8. The average Bonchev–Trinajstić information content (AvgIpc) is 3.14. The zero-order valence-corrected chi connectivity index (χ0v) is 22.0. The Balaban J connectivity index is 2.29. The van der Waals surface area contributed by atoms with Crippen LogP contribution in [0.15, 0.2) is 42.6 Å². The third-order valence-electron chi connectivity index (χ3n) is 6.44. The average molecular weight is 462 g/mol. The summed E-state index contributed by atoms with van der Waals surface area (Å²) in [5.74, 6) is 1.41. The minimum atomic E-state index is -0.344. The molecule has 2 aromatic carbocycles. The van der Waals surface area contributed by atoms with E-state index in [9.17, 15) is 4.79 Å². The molecule has 0 amide bonds. The maximum Gasteiger partial charge on any atom is 0.330 e. The summed E-state index contributed by atoms with van der Waals surface area (Å²) in [7, 11) is 3.48. The van der Waals surface area contributed by atoms with E-state index in [1.807, 2.05) is 6.92 Å². The Morgan fingerprint density at radius 2 is 1.79 bits per heavy atom.